The van der Waals surface area contributed by atoms with Crippen LogP contribution in [-0.2, 0) is 6.54 Å². The second kappa shape index (κ2) is 6.04. The maximum atomic E-state index is 5.61. The molecule has 1 aromatic rings. The lowest BCUT2D eigenvalue weighted by atomic mass is 10.2. The standard InChI is InChI=1S/C11H18N2S/c1-3-9(2)8-14-11-5-4-6-13-10(11)7-12/h4-6,9H,3,7-8,12H2,1-2H3. The van der Waals surface area contributed by atoms with Crippen molar-refractivity contribution in [2.45, 2.75) is 31.7 Å². The van der Waals surface area contributed by atoms with Gasteiger partial charge in [-0.05, 0) is 18.1 Å². The van der Waals surface area contributed by atoms with Crippen LogP contribution < -0.4 is 5.73 Å². The van der Waals surface area contributed by atoms with E-state index in [1.807, 2.05) is 17.8 Å². The van der Waals surface area contributed by atoms with Gasteiger partial charge in [-0.15, -0.1) is 11.8 Å². The lowest BCUT2D eigenvalue weighted by Gasteiger charge is -2.09. The Morgan fingerprint density at radius 2 is 2.36 bits per heavy atom. The molecule has 1 rings (SSSR count). The normalized spacial score (nSPS) is 12.8. The van der Waals surface area contributed by atoms with Crippen LogP contribution in [-0.4, -0.2) is 10.7 Å². The maximum absolute atomic E-state index is 5.61. The Morgan fingerprint density at radius 1 is 1.57 bits per heavy atom. The minimum Gasteiger partial charge on any atom is -0.325 e. The fraction of sp³-hybridized carbons (Fsp3) is 0.545. The van der Waals surface area contributed by atoms with Gasteiger partial charge in [0.15, 0.2) is 0 Å². The lowest BCUT2D eigenvalue weighted by molar-refractivity contribution is 0.636. The summed E-state index contributed by atoms with van der Waals surface area (Å²) in [5.74, 6) is 1.90. The number of nitrogens with two attached hydrogens (primary N) is 1. The quantitative estimate of drug-likeness (QED) is 0.759. The summed E-state index contributed by atoms with van der Waals surface area (Å²) in [6.45, 7) is 5.02. The summed E-state index contributed by atoms with van der Waals surface area (Å²) in [5, 5.41) is 0. The molecule has 1 heterocycles. The number of aromatic nitrogens is 1. The van der Waals surface area contributed by atoms with E-state index in [1.165, 1.54) is 11.3 Å². The van der Waals surface area contributed by atoms with Gasteiger partial charge in [0.1, 0.15) is 0 Å². The molecule has 0 aromatic carbocycles. The van der Waals surface area contributed by atoms with E-state index in [2.05, 4.69) is 24.9 Å². The fourth-order valence-corrected chi connectivity index (χ4v) is 2.24. The molecule has 0 saturated heterocycles. The number of rotatable bonds is 5. The van der Waals surface area contributed by atoms with Crippen LogP contribution in [0.3, 0.4) is 0 Å². The molecule has 0 spiro atoms. The van der Waals surface area contributed by atoms with Gasteiger partial charge in [0.2, 0.25) is 0 Å². The number of nitrogens with zero attached hydrogens (tertiary/aromatic N) is 1. The predicted molar refractivity (Wildman–Crippen MR) is 62.3 cm³/mol. The average molecular weight is 210 g/mol. The van der Waals surface area contributed by atoms with Gasteiger partial charge in [0.25, 0.3) is 0 Å². The van der Waals surface area contributed by atoms with E-state index >= 15 is 0 Å². The molecular weight excluding hydrogens is 192 g/mol. The summed E-state index contributed by atoms with van der Waals surface area (Å²) in [4.78, 5) is 5.49. The molecule has 2 N–H and O–H groups in total. The zero-order chi connectivity index (χ0) is 10.4. The number of thioether (sulfide) groups is 1. The number of pyridine rings is 1. The molecule has 0 aliphatic heterocycles. The van der Waals surface area contributed by atoms with Crippen molar-refractivity contribution in [1.82, 2.24) is 4.98 Å². The summed E-state index contributed by atoms with van der Waals surface area (Å²) >= 11 is 1.86. The van der Waals surface area contributed by atoms with E-state index in [-0.39, 0.29) is 0 Å². The molecule has 3 heteroatoms. The predicted octanol–water partition coefficient (Wildman–Crippen LogP) is 2.68. The second-order valence-electron chi connectivity index (χ2n) is 3.48. The third-order valence-corrected chi connectivity index (χ3v) is 3.68. The SMILES string of the molecule is CCC(C)CSc1cccnc1CN. The molecule has 14 heavy (non-hydrogen) atoms. The first kappa shape index (κ1) is 11.5. The van der Waals surface area contributed by atoms with Crippen molar-refractivity contribution < 1.29 is 0 Å². The topological polar surface area (TPSA) is 38.9 Å². The summed E-state index contributed by atoms with van der Waals surface area (Å²) in [6.07, 6.45) is 3.03. The molecule has 0 fully saturated rings. The lowest BCUT2D eigenvalue weighted by Crippen LogP contribution is -2.02. The molecule has 0 bridgehead atoms. The summed E-state index contributed by atoms with van der Waals surface area (Å²) in [6, 6.07) is 4.07. The summed E-state index contributed by atoms with van der Waals surface area (Å²) in [7, 11) is 0. The molecule has 0 saturated carbocycles. The van der Waals surface area contributed by atoms with Crippen LogP contribution in [0, 0.1) is 5.92 Å². The Kier molecular flexibility index (Phi) is 4.98. The summed E-state index contributed by atoms with van der Waals surface area (Å²) in [5.41, 5.74) is 6.63. The Bertz CT molecular complexity index is 276. The zero-order valence-electron chi connectivity index (χ0n) is 8.86. The molecule has 0 aliphatic rings. The van der Waals surface area contributed by atoms with E-state index < -0.39 is 0 Å². The number of hydrogen-bond donors (Lipinski definition) is 1. The number of hydrogen-bond acceptors (Lipinski definition) is 3. The molecule has 0 amide bonds. The Labute approximate surface area is 90.3 Å². The third-order valence-electron chi connectivity index (χ3n) is 2.26. The van der Waals surface area contributed by atoms with Crippen molar-refractivity contribution in [1.29, 1.82) is 0 Å². The van der Waals surface area contributed by atoms with E-state index in [1.54, 1.807) is 6.20 Å². The first-order chi connectivity index (χ1) is 6.77. The van der Waals surface area contributed by atoms with Gasteiger partial charge in [-0.2, -0.15) is 0 Å². The molecule has 2 nitrogen and oxygen atoms in total. The van der Waals surface area contributed by atoms with Gasteiger partial charge in [-0.3, -0.25) is 4.98 Å². The largest absolute Gasteiger partial charge is 0.325 e. The highest BCUT2D eigenvalue weighted by molar-refractivity contribution is 7.99. The van der Waals surface area contributed by atoms with Gasteiger partial charge < -0.3 is 5.73 Å². The van der Waals surface area contributed by atoms with Gasteiger partial charge >= 0.3 is 0 Å². The van der Waals surface area contributed by atoms with Crippen LogP contribution in [0.4, 0.5) is 0 Å². The van der Waals surface area contributed by atoms with Crippen LogP contribution in [0.15, 0.2) is 23.2 Å². The monoisotopic (exact) mass is 210 g/mol. The van der Waals surface area contributed by atoms with Crippen molar-refractivity contribution in [2.24, 2.45) is 11.7 Å². The Morgan fingerprint density at radius 3 is 3.00 bits per heavy atom. The van der Waals surface area contributed by atoms with E-state index in [4.69, 9.17) is 5.73 Å². The van der Waals surface area contributed by atoms with Crippen molar-refractivity contribution in [3.8, 4) is 0 Å². The summed E-state index contributed by atoms with van der Waals surface area (Å²) < 4.78 is 0. The minimum atomic E-state index is 0.531. The molecule has 78 valence electrons. The van der Waals surface area contributed by atoms with Gasteiger partial charge in [0.05, 0.1) is 5.69 Å². The molecule has 1 aromatic heterocycles. The highest BCUT2D eigenvalue weighted by Crippen LogP contribution is 2.23. The van der Waals surface area contributed by atoms with Crippen molar-refractivity contribution in [3.05, 3.63) is 24.0 Å². The van der Waals surface area contributed by atoms with Crippen molar-refractivity contribution in [3.63, 3.8) is 0 Å². The first-order valence-corrected chi connectivity index (χ1v) is 6.03. The molecule has 0 aliphatic carbocycles. The van der Waals surface area contributed by atoms with Crippen LogP contribution in [0.5, 0.6) is 0 Å². The van der Waals surface area contributed by atoms with Crippen LogP contribution >= 0.6 is 11.8 Å². The molecular formula is C11H18N2S. The van der Waals surface area contributed by atoms with E-state index in [0.717, 1.165) is 17.4 Å². The molecule has 1 unspecified atom stereocenters. The van der Waals surface area contributed by atoms with E-state index in [9.17, 15) is 0 Å². The van der Waals surface area contributed by atoms with Gasteiger partial charge in [-0.1, -0.05) is 20.3 Å². The van der Waals surface area contributed by atoms with Crippen molar-refractivity contribution in [2.75, 3.05) is 5.75 Å². The Hall–Kier alpha value is -0.540. The first-order valence-electron chi connectivity index (χ1n) is 5.04. The van der Waals surface area contributed by atoms with Gasteiger partial charge in [0, 0.05) is 23.4 Å². The van der Waals surface area contributed by atoms with Crippen molar-refractivity contribution >= 4 is 11.8 Å². The smallest absolute Gasteiger partial charge is 0.0674 e. The van der Waals surface area contributed by atoms with Crippen LogP contribution in [0.1, 0.15) is 26.0 Å². The second-order valence-corrected chi connectivity index (χ2v) is 4.54. The molecule has 0 radical (unpaired) electrons. The van der Waals surface area contributed by atoms with E-state index in [0.29, 0.717) is 6.54 Å². The van der Waals surface area contributed by atoms with Crippen LogP contribution in [0.2, 0.25) is 0 Å². The maximum Gasteiger partial charge on any atom is 0.0674 e. The van der Waals surface area contributed by atoms with Gasteiger partial charge in [-0.25, -0.2) is 0 Å². The Balaban J connectivity index is 2.57. The zero-order valence-corrected chi connectivity index (χ0v) is 9.68. The third kappa shape index (κ3) is 3.31. The minimum absolute atomic E-state index is 0.531. The highest BCUT2D eigenvalue weighted by atomic mass is 32.2. The van der Waals surface area contributed by atoms with Crippen LogP contribution in [0.25, 0.3) is 0 Å². The highest BCUT2D eigenvalue weighted by Gasteiger charge is 2.04. The fourth-order valence-electron chi connectivity index (χ4n) is 1.06. The average Bonchev–Trinajstić information content (AvgIpc) is 2.26. The molecule has 1 atom stereocenters.